The van der Waals surface area contributed by atoms with Crippen molar-refractivity contribution < 1.29 is 33.8 Å². The molecule has 0 radical (unpaired) electrons. The molecule has 1 aliphatic heterocycles. The molecule has 3 amide bonds. The predicted octanol–water partition coefficient (Wildman–Crippen LogP) is 2.49. The van der Waals surface area contributed by atoms with Gasteiger partial charge in [0.2, 0.25) is 5.91 Å². The number of carbonyl (C=O) groups is 4. The molecule has 0 saturated carbocycles. The number of carboxylic acid groups (broad SMARTS) is 1. The third-order valence-corrected chi connectivity index (χ3v) is 5.55. The highest BCUT2D eigenvalue weighted by molar-refractivity contribution is 6.00. The first-order valence-corrected chi connectivity index (χ1v) is 12.0. The Morgan fingerprint density at radius 3 is 2.66 bits per heavy atom. The lowest BCUT2D eigenvalue weighted by molar-refractivity contribution is -0.139. The zero-order chi connectivity index (χ0) is 27.4. The zero-order valence-electron chi connectivity index (χ0n) is 21.2. The molecule has 200 valence electrons. The molecule has 1 aliphatic rings. The minimum atomic E-state index is -1.24. The molecule has 4 rings (SSSR count). The number of H-pyrrole nitrogens is 1. The number of anilines is 1. The van der Waals surface area contributed by atoms with Gasteiger partial charge in [-0.1, -0.05) is 18.2 Å². The van der Waals surface area contributed by atoms with Gasteiger partial charge in [-0.05, 0) is 50.6 Å². The fraction of sp³-hybridized carbons (Fsp3) is 0.346. The monoisotopic (exact) mass is 523 g/mol. The standard InChI is InChI=1S/C26H29N5O7/c1-26(2,3)38-25(36)31-18(24(34)35)11-14-8-9-19-17(10-14)30-23(33)20(37-19)12-22(32)27-13-21-28-15-6-4-5-7-16(15)29-21/h4-10,18,20H,11-13H2,1-3H3,(H,27,32)(H,28,29)(H,30,33)(H,31,36)(H,34,35)/t18-,20?/m0/s1. The molecule has 12 heteroatoms. The van der Waals surface area contributed by atoms with Gasteiger partial charge in [0.05, 0.1) is 29.7 Å². The number of hydrogen-bond acceptors (Lipinski definition) is 7. The fourth-order valence-corrected chi connectivity index (χ4v) is 3.86. The second-order valence-corrected chi connectivity index (χ2v) is 9.85. The van der Waals surface area contributed by atoms with E-state index in [1.54, 1.807) is 39.0 Å². The van der Waals surface area contributed by atoms with E-state index in [0.717, 1.165) is 11.0 Å². The van der Waals surface area contributed by atoms with Crippen LogP contribution < -0.4 is 20.7 Å². The van der Waals surface area contributed by atoms with E-state index < -0.39 is 35.7 Å². The molecule has 0 bridgehead atoms. The van der Waals surface area contributed by atoms with Crippen LogP contribution in [0.1, 0.15) is 38.6 Å². The van der Waals surface area contributed by atoms with E-state index in [1.807, 2.05) is 24.3 Å². The number of aliphatic carboxylic acids is 1. The number of fused-ring (bicyclic) bond motifs is 2. The van der Waals surface area contributed by atoms with Crippen molar-refractivity contribution in [3.63, 3.8) is 0 Å². The second-order valence-electron chi connectivity index (χ2n) is 9.85. The molecule has 1 aromatic heterocycles. The van der Waals surface area contributed by atoms with E-state index in [2.05, 4.69) is 25.9 Å². The Kier molecular flexibility index (Phi) is 7.51. The van der Waals surface area contributed by atoms with Crippen molar-refractivity contribution in [3.05, 3.63) is 53.9 Å². The van der Waals surface area contributed by atoms with Gasteiger partial charge in [-0.15, -0.1) is 0 Å². The highest BCUT2D eigenvalue weighted by atomic mass is 16.6. The second kappa shape index (κ2) is 10.8. The number of rotatable bonds is 8. The lowest BCUT2D eigenvalue weighted by Crippen LogP contribution is -2.44. The van der Waals surface area contributed by atoms with Crippen LogP contribution in [-0.4, -0.2) is 56.7 Å². The average molecular weight is 524 g/mol. The van der Waals surface area contributed by atoms with Crippen LogP contribution >= 0.6 is 0 Å². The number of alkyl carbamates (subject to hydrolysis) is 1. The number of nitrogens with zero attached hydrogens (tertiary/aromatic N) is 1. The first-order chi connectivity index (χ1) is 18.0. The van der Waals surface area contributed by atoms with E-state index in [9.17, 15) is 24.3 Å². The van der Waals surface area contributed by atoms with Gasteiger partial charge in [0.1, 0.15) is 23.2 Å². The van der Waals surface area contributed by atoms with Crippen molar-refractivity contribution in [2.75, 3.05) is 5.32 Å². The fourth-order valence-electron chi connectivity index (χ4n) is 3.86. The van der Waals surface area contributed by atoms with Crippen molar-refractivity contribution in [1.29, 1.82) is 0 Å². The summed E-state index contributed by atoms with van der Waals surface area (Å²) in [4.78, 5) is 56.3. The Morgan fingerprint density at radius 1 is 1.18 bits per heavy atom. The van der Waals surface area contributed by atoms with Gasteiger partial charge >= 0.3 is 12.1 Å². The van der Waals surface area contributed by atoms with Crippen LogP contribution in [0.3, 0.4) is 0 Å². The van der Waals surface area contributed by atoms with Crippen LogP contribution in [-0.2, 0) is 32.1 Å². The van der Waals surface area contributed by atoms with Gasteiger partial charge in [-0.3, -0.25) is 9.59 Å². The number of amides is 3. The van der Waals surface area contributed by atoms with Crippen molar-refractivity contribution in [1.82, 2.24) is 20.6 Å². The molecule has 0 fully saturated rings. The maximum Gasteiger partial charge on any atom is 0.408 e. The molecule has 0 spiro atoms. The Morgan fingerprint density at radius 2 is 1.95 bits per heavy atom. The summed E-state index contributed by atoms with van der Waals surface area (Å²) < 4.78 is 10.9. The first-order valence-electron chi connectivity index (χ1n) is 12.0. The highest BCUT2D eigenvalue weighted by Gasteiger charge is 2.31. The minimum Gasteiger partial charge on any atom is -0.480 e. The molecule has 0 saturated heterocycles. The third-order valence-electron chi connectivity index (χ3n) is 5.55. The van der Waals surface area contributed by atoms with E-state index in [-0.39, 0.29) is 25.3 Å². The SMILES string of the molecule is CC(C)(C)OC(=O)N[C@@H](Cc1ccc2c(c1)NC(=O)C(CC(=O)NCc1nc3ccccc3[nH]1)O2)C(=O)O. The van der Waals surface area contributed by atoms with E-state index in [1.165, 1.54) is 0 Å². The number of para-hydroxylation sites is 2. The number of imidazole rings is 1. The van der Waals surface area contributed by atoms with Crippen molar-refractivity contribution in [2.45, 2.75) is 57.9 Å². The lowest BCUT2D eigenvalue weighted by atomic mass is 10.0. The number of ether oxygens (including phenoxy) is 2. The van der Waals surface area contributed by atoms with Crippen LogP contribution in [0.5, 0.6) is 5.75 Å². The van der Waals surface area contributed by atoms with Gasteiger partial charge in [-0.25, -0.2) is 14.6 Å². The van der Waals surface area contributed by atoms with E-state index in [4.69, 9.17) is 9.47 Å². The number of nitrogens with one attached hydrogen (secondary N) is 4. The predicted molar refractivity (Wildman–Crippen MR) is 137 cm³/mol. The summed E-state index contributed by atoms with van der Waals surface area (Å²) in [5, 5.41) is 17.3. The molecular formula is C26H29N5O7. The maximum absolute atomic E-state index is 12.6. The van der Waals surface area contributed by atoms with Crippen molar-refractivity contribution >= 4 is 40.6 Å². The molecule has 12 nitrogen and oxygen atoms in total. The van der Waals surface area contributed by atoms with Crippen LogP contribution in [0, 0.1) is 0 Å². The summed E-state index contributed by atoms with van der Waals surface area (Å²) in [6.07, 6.45) is -2.13. The molecule has 2 heterocycles. The Labute approximate surface area is 218 Å². The molecule has 5 N–H and O–H groups in total. The number of aromatic nitrogens is 2. The normalized spacial score (nSPS) is 15.6. The largest absolute Gasteiger partial charge is 0.480 e. The smallest absolute Gasteiger partial charge is 0.408 e. The molecule has 3 aromatic rings. The number of carboxylic acids is 1. The van der Waals surface area contributed by atoms with Crippen LogP contribution in [0.4, 0.5) is 10.5 Å². The van der Waals surface area contributed by atoms with Gasteiger partial charge in [0, 0.05) is 6.42 Å². The van der Waals surface area contributed by atoms with E-state index in [0.29, 0.717) is 22.8 Å². The number of aromatic amines is 1. The molecule has 0 aliphatic carbocycles. The summed E-state index contributed by atoms with van der Waals surface area (Å²) >= 11 is 0. The van der Waals surface area contributed by atoms with Gasteiger partial charge in [-0.2, -0.15) is 0 Å². The van der Waals surface area contributed by atoms with Gasteiger partial charge in [0.15, 0.2) is 6.10 Å². The van der Waals surface area contributed by atoms with Gasteiger partial charge < -0.3 is 35.5 Å². The van der Waals surface area contributed by atoms with Crippen LogP contribution in [0.15, 0.2) is 42.5 Å². The Bertz CT molecular complexity index is 1340. The van der Waals surface area contributed by atoms with Crippen molar-refractivity contribution in [2.24, 2.45) is 0 Å². The summed E-state index contributed by atoms with van der Waals surface area (Å²) in [5.74, 6) is -1.19. The molecule has 2 aromatic carbocycles. The highest BCUT2D eigenvalue weighted by Crippen LogP contribution is 2.31. The van der Waals surface area contributed by atoms with Crippen LogP contribution in [0.2, 0.25) is 0 Å². The molecule has 38 heavy (non-hydrogen) atoms. The molecular weight excluding hydrogens is 494 g/mol. The quantitative estimate of drug-likeness (QED) is 0.300. The van der Waals surface area contributed by atoms with Gasteiger partial charge in [0.25, 0.3) is 5.91 Å². The third kappa shape index (κ3) is 6.78. The Balaban J connectivity index is 1.33. The summed E-state index contributed by atoms with van der Waals surface area (Å²) in [6, 6.07) is 11.0. The molecule has 1 unspecified atom stereocenters. The van der Waals surface area contributed by atoms with Crippen molar-refractivity contribution in [3.8, 4) is 5.75 Å². The number of benzene rings is 2. The van der Waals surface area contributed by atoms with Crippen LogP contribution in [0.25, 0.3) is 11.0 Å². The summed E-state index contributed by atoms with van der Waals surface area (Å²) in [7, 11) is 0. The Hall–Kier alpha value is -4.61. The summed E-state index contributed by atoms with van der Waals surface area (Å²) in [5.41, 5.74) is 1.75. The van der Waals surface area contributed by atoms with E-state index >= 15 is 0 Å². The summed E-state index contributed by atoms with van der Waals surface area (Å²) in [6.45, 7) is 5.19. The number of carbonyl (C=O) groups excluding carboxylic acids is 3. The lowest BCUT2D eigenvalue weighted by Gasteiger charge is -2.26. The zero-order valence-corrected chi connectivity index (χ0v) is 21.2. The molecule has 2 atom stereocenters. The maximum atomic E-state index is 12.6. The minimum absolute atomic E-state index is 0.0502. The first kappa shape index (κ1) is 26.5. The topological polar surface area (TPSA) is 172 Å². The number of hydrogen-bond donors (Lipinski definition) is 5. The average Bonchev–Trinajstić information content (AvgIpc) is 3.25.